The Bertz CT molecular complexity index is 2430. The van der Waals surface area contributed by atoms with Gasteiger partial charge < -0.3 is 26.0 Å². The van der Waals surface area contributed by atoms with E-state index in [1.165, 1.54) is 11.1 Å². The van der Waals surface area contributed by atoms with Crippen molar-refractivity contribution in [3.63, 3.8) is 0 Å². The quantitative estimate of drug-likeness (QED) is 0.103. The monoisotopic (exact) mass is 726 g/mol. The fourth-order valence-corrected chi connectivity index (χ4v) is 7.13. The molecular weight excluding hydrogens is 685 g/mol. The lowest BCUT2D eigenvalue weighted by Crippen LogP contribution is -2.12. The van der Waals surface area contributed by atoms with Gasteiger partial charge in [-0.2, -0.15) is 0 Å². The van der Waals surface area contributed by atoms with Crippen molar-refractivity contribution in [3.05, 3.63) is 235 Å². The van der Waals surface area contributed by atoms with Gasteiger partial charge in [-0.15, -0.1) is 0 Å². The van der Waals surface area contributed by atoms with Crippen molar-refractivity contribution in [1.82, 2.24) is 0 Å². The summed E-state index contributed by atoms with van der Waals surface area (Å²) >= 11 is 0. The Hall–Kier alpha value is -7.50. The molecule has 0 aliphatic rings. The molecule has 0 amide bonds. The molecule has 4 N–H and O–H groups in total. The third kappa shape index (κ3) is 7.61. The van der Waals surface area contributed by atoms with Crippen LogP contribution in [0.3, 0.4) is 0 Å². The van der Waals surface area contributed by atoms with Crippen molar-refractivity contribution in [2.45, 2.75) is 0 Å². The molecule has 0 saturated carbocycles. The van der Waals surface area contributed by atoms with Gasteiger partial charge in [-0.3, -0.25) is 0 Å². The lowest BCUT2D eigenvalue weighted by molar-refractivity contribution is 0.415. The highest BCUT2D eigenvalue weighted by Gasteiger charge is 2.19. The van der Waals surface area contributed by atoms with E-state index in [2.05, 4.69) is 161 Å². The number of ether oxygens (including phenoxy) is 1. The van der Waals surface area contributed by atoms with E-state index in [1.54, 1.807) is 7.11 Å². The van der Waals surface area contributed by atoms with Gasteiger partial charge in [0.2, 0.25) is 0 Å². The smallest absolute Gasteiger partial charge is 0.119 e. The van der Waals surface area contributed by atoms with Crippen LogP contribution in [0.1, 0.15) is 22.3 Å². The van der Waals surface area contributed by atoms with Gasteiger partial charge in [0.15, 0.2) is 0 Å². The van der Waals surface area contributed by atoms with Gasteiger partial charge in [-0.1, -0.05) is 103 Å². The number of hydrogen-bond donors (Lipinski definition) is 2. The highest BCUT2D eigenvalue weighted by molar-refractivity contribution is 6.04. The maximum absolute atomic E-state index is 6.08. The summed E-state index contributed by atoms with van der Waals surface area (Å²) in [5.74, 6) is 0.800. The van der Waals surface area contributed by atoms with E-state index in [4.69, 9.17) is 16.2 Å². The van der Waals surface area contributed by atoms with E-state index < -0.39 is 0 Å². The molecule has 0 aliphatic heterocycles. The van der Waals surface area contributed by atoms with Crippen molar-refractivity contribution >= 4 is 56.6 Å². The van der Waals surface area contributed by atoms with Crippen molar-refractivity contribution in [3.8, 4) is 5.75 Å². The molecule has 5 heteroatoms. The number of anilines is 8. The molecular formula is C51H42N4O. The van der Waals surface area contributed by atoms with Crippen LogP contribution in [0.2, 0.25) is 0 Å². The van der Waals surface area contributed by atoms with Gasteiger partial charge in [0, 0.05) is 45.5 Å². The molecule has 0 bridgehead atoms. The van der Waals surface area contributed by atoms with Crippen LogP contribution in [0.5, 0.6) is 5.75 Å². The SMILES string of the molecule is COc1ccc(N(c2ccc(C(=C(c3ccccc3)c3ccccc3)c3ccccc3)cc2)c2ccc(N(c3ccc(N)cc3)c3ccc(N)cc3)cc2)cc1. The van der Waals surface area contributed by atoms with Crippen LogP contribution in [-0.2, 0) is 0 Å². The van der Waals surface area contributed by atoms with Crippen molar-refractivity contribution < 1.29 is 4.74 Å². The summed E-state index contributed by atoms with van der Waals surface area (Å²) in [6.07, 6.45) is 0. The van der Waals surface area contributed by atoms with Crippen LogP contribution in [0, 0.1) is 0 Å². The van der Waals surface area contributed by atoms with Gasteiger partial charge in [0.1, 0.15) is 5.75 Å². The van der Waals surface area contributed by atoms with E-state index >= 15 is 0 Å². The Morgan fingerprint density at radius 3 is 0.875 bits per heavy atom. The Morgan fingerprint density at radius 1 is 0.321 bits per heavy atom. The summed E-state index contributed by atoms with van der Waals surface area (Å²) in [4.78, 5) is 4.47. The fourth-order valence-electron chi connectivity index (χ4n) is 7.13. The van der Waals surface area contributed by atoms with Crippen molar-refractivity contribution in [2.75, 3.05) is 28.4 Å². The third-order valence-electron chi connectivity index (χ3n) is 9.85. The van der Waals surface area contributed by atoms with Crippen LogP contribution < -0.4 is 26.0 Å². The second-order valence-electron chi connectivity index (χ2n) is 13.5. The summed E-state index contributed by atoms with van der Waals surface area (Å²) in [5.41, 5.74) is 26.5. The molecule has 56 heavy (non-hydrogen) atoms. The maximum Gasteiger partial charge on any atom is 0.119 e. The Balaban J connectivity index is 1.24. The van der Waals surface area contributed by atoms with Gasteiger partial charge in [0.05, 0.1) is 7.11 Å². The minimum atomic E-state index is 0.713. The molecule has 8 aromatic carbocycles. The zero-order chi connectivity index (χ0) is 38.3. The molecule has 0 radical (unpaired) electrons. The number of nitrogens with two attached hydrogens (primary N) is 2. The first-order chi connectivity index (χ1) is 27.6. The molecule has 8 aromatic rings. The largest absolute Gasteiger partial charge is 0.497 e. The Labute approximate surface area is 329 Å². The minimum absolute atomic E-state index is 0.713. The van der Waals surface area contributed by atoms with Crippen LogP contribution in [0.15, 0.2) is 212 Å². The van der Waals surface area contributed by atoms with Crippen LogP contribution in [0.4, 0.5) is 45.5 Å². The number of nitrogen functional groups attached to an aromatic ring is 2. The van der Waals surface area contributed by atoms with Gasteiger partial charge in [-0.05, 0) is 143 Å². The van der Waals surface area contributed by atoms with E-state index in [1.807, 2.05) is 60.7 Å². The zero-order valence-corrected chi connectivity index (χ0v) is 31.2. The lowest BCUT2D eigenvalue weighted by Gasteiger charge is -2.28. The highest BCUT2D eigenvalue weighted by Crippen LogP contribution is 2.42. The molecule has 0 unspecified atom stereocenters. The van der Waals surface area contributed by atoms with E-state index in [0.717, 1.165) is 62.1 Å². The molecule has 0 saturated heterocycles. The molecule has 5 nitrogen and oxygen atoms in total. The number of hydrogen-bond acceptors (Lipinski definition) is 5. The van der Waals surface area contributed by atoms with Crippen LogP contribution >= 0.6 is 0 Å². The van der Waals surface area contributed by atoms with Crippen molar-refractivity contribution in [2.24, 2.45) is 0 Å². The Kier molecular flexibility index (Phi) is 10.3. The first-order valence-corrected chi connectivity index (χ1v) is 18.6. The second-order valence-corrected chi connectivity index (χ2v) is 13.5. The summed E-state index contributed by atoms with van der Waals surface area (Å²) < 4.78 is 5.54. The molecule has 8 rings (SSSR count). The standard InChI is InChI=1S/C51H42N4O/c1-56-49-35-33-48(34-36-49)54(46-29-31-47(32-30-46)55(44-25-19-41(52)20-26-44)45-27-21-42(53)22-28-45)43-23-17-40(18-24-43)51(39-15-9-4-10-16-39)50(37-11-5-2-6-12-37)38-13-7-3-8-14-38/h2-36H,52-53H2,1H3. The summed E-state index contributed by atoms with van der Waals surface area (Å²) in [7, 11) is 1.69. The zero-order valence-electron chi connectivity index (χ0n) is 31.2. The third-order valence-corrected chi connectivity index (χ3v) is 9.85. The number of benzene rings is 8. The normalized spacial score (nSPS) is 10.7. The van der Waals surface area contributed by atoms with E-state index in [0.29, 0.717) is 11.4 Å². The van der Waals surface area contributed by atoms with Crippen molar-refractivity contribution in [1.29, 1.82) is 0 Å². The minimum Gasteiger partial charge on any atom is -0.497 e. The van der Waals surface area contributed by atoms with Gasteiger partial charge >= 0.3 is 0 Å². The first-order valence-electron chi connectivity index (χ1n) is 18.6. The Morgan fingerprint density at radius 2 is 0.571 bits per heavy atom. The summed E-state index contributed by atoms with van der Waals surface area (Å²) in [5, 5.41) is 0. The van der Waals surface area contributed by atoms with Crippen LogP contribution in [-0.4, -0.2) is 7.11 Å². The first kappa shape index (κ1) is 35.5. The topological polar surface area (TPSA) is 67.8 Å². The molecule has 0 heterocycles. The molecule has 0 spiro atoms. The van der Waals surface area contributed by atoms with Gasteiger partial charge in [0.25, 0.3) is 0 Å². The predicted octanol–water partition coefficient (Wildman–Crippen LogP) is 12.8. The summed E-state index contributed by atoms with van der Waals surface area (Å²) in [6.45, 7) is 0. The highest BCUT2D eigenvalue weighted by atomic mass is 16.5. The lowest BCUT2D eigenvalue weighted by atomic mass is 9.86. The van der Waals surface area contributed by atoms with Crippen LogP contribution in [0.25, 0.3) is 11.1 Å². The average Bonchev–Trinajstić information content (AvgIpc) is 3.26. The van der Waals surface area contributed by atoms with E-state index in [9.17, 15) is 0 Å². The second kappa shape index (κ2) is 16.3. The molecule has 272 valence electrons. The van der Waals surface area contributed by atoms with E-state index in [-0.39, 0.29) is 0 Å². The van der Waals surface area contributed by atoms with Gasteiger partial charge in [-0.25, -0.2) is 0 Å². The summed E-state index contributed by atoms with van der Waals surface area (Å²) in [6, 6.07) is 73.5. The predicted molar refractivity (Wildman–Crippen MR) is 236 cm³/mol. The maximum atomic E-state index is 6.08. The number of methoxy groups -OCH3 is 1. The fraction of sp³-hybridized carbons (Fsp3) is 0.0196. The molecule has 0 fully saturated rings. The average molecular weight is 727 g/mol. The number of nitrogens with zero attached hydrogens (tertiary/aromatic N) is 2. The number of rotatable bonds is 11. The molecule has 0 aromatic heterocycles. The molecule has 0 aliphatic carbocycles. The molecule has 0 atom stereocenters.